The molecule has 0 bridgehead atoms. The van der Waals surface area contributed by atoms with E-state index in [9.17, 15) is 13.6 Å². The Bertz CT molecular complexity index is 1480. The first-order valence-corrected chi connectivity index (χ1v) is 12.2. The second kappa shape index (κ2) is 10.4. The molecule has 2 aromatic heterocycles. The molecule has 0 saturated heterocycles. The molecule has 11 heteroatoms. The van der Waals surface area contributed by atoms with Crippen molar-refractivity contribution in [2.45, 2.75) is 38.8 Å². The summed E-state index contributed by atoms with van der Waals surface area (Å²) >= 11 is 0. The van der Waals surface area contributed by atoms with Gasteiger partial charge in [-0.2, -0.15) is 5.10 Å². The van der Waals surface area contributed by atoms with Gasteiger partial charge in [0.2, 0.25) is 0 Å². The molecule has 1 aliphatic rings. The summed E-state index contributed by atoms with van der Waals surface area (Å²) in [6.07, 6.45) is 2.71. The Hall–Kier alpha value is -4.54. The van der Waals surface area contributed by atoms with E-state index < -0.39 is 11.9 Å². The van der Waals surface area contributed by atoms with Crippen LogP contribution >= 0.6 is 0 Å². The van der Waals surface area contributed by atoms with Crippen molar-refractivity contribution in [1.82, 2.24) is 19.7 Å². The van der Waals surface area contributed by atoms with E-state index in [2.05, 4.69) is 9.97 Å². The van der Waals surface area contributed by atoms with Crippen molar-refractivity contribution >= 4 is 23.4 Å². The predicted molar refractivity (Wildman–Crippen MR) is 139 cm³/mol. The number of rotatable bonds is 6. The van der Waals surface area contributed by atoms with E-state index >= 15 is 0 Å². The summed E-state index contributed by atoms with van der Waals surface area (Å²) in [7, 11) is 1.20. The van der Waals surface area contributed by atoms with E-state index in [1.165, 1.54) is 19.2 Å². The monoisotopic (exact) mass is 519 g/mol. The number of ether oxygens (including phenoxy) is 1. The Morgan fingerprint density at radius 1 is 0.974 bits per heavy atom. The van der Waals surface area contributed by atoms with E-state index in [1.807, 2.05) is 0 Å². The van der Waals surface area contributed by atoms with Gasteiger partial charge in [-0.05, 0) is 37.8 Å². The molecule has 0 unspecified atom stereocenters. The number of methoxy groups -OCH3 is 1. The number of benzene rings is 2. The number of carbonyl (C=O) groups excluding carboxylic acids is 1. The number of anilines is 3. The van der Waals surface area contributed by atoms with Crippen LogP contribution in [0.1, 0.15) is 35.2 Å². The third kappa shape index (κ3) is 4.74. The van der Waals surface area contributed by atoms with Gasteiger partial charge in [-0.25, -0.2) is 23.5 Å². The Morgan fingerprint density at radius 2 is 1.58 bits per heavy atom. The van der Waals surface area contributed by atoms with Crippen LogP contribution < -0.4 is 16.4 Å². The molecule has 4 N–H and O–H groups in total. The zero-order chi connectivity index (χ0) is 26.8. The van der Waals surface area contributed by atoms with E-state index in [-0.39, 0.29) is 47.6 Å². The molecule has 0 saturated carbocycles. The predicted octanol–water partition coefficient (Wildman–Crippen LogP) is 4.48. The molecule has 9 nitrogen and oxygen atoms in total. The number of nitrogens with two attached hydrogens (primary N) is 2. The molecule has 4 aromatic rings. The third-order valence-corrected chi connectivity index (χ3v) is 6.64. The van der Waals surface area contributed by atoms with Gasteiger partial charge in [-0.15, -0.1) is 0 Å². The van der Waals surface area contributed by atoms with E-state index in [0.29, 0.717) is 11.3 Å². The van der Waals surface area contributed by atoms with Crippen molar-refractivity contribution in [3.63, 3.8) is 0 Å². The lowest BCUT2D eigenvalue weighted by Crippen LogP contribution is -2.32. The fourth-order valence-corrected chi connectivity index (χ4v) is 4.78. The largest absolute Gasteiger partial charge is 0.452 e. The molecule has 0 atom stereocenters. The summed E-state index contributed by atoms with van der Waals surface area (Å²) in [6.45, 7) is 0.0694. The molecule has 5 rings (SSSR count). The van der Waals surface area contributed by atoms with Gasteiger partial charge in [0.05, 0.1) is 20.2 Å². The average Bonchev–Trinajstić information content (AvgIpc) is 3.28. The van der Waals surface area contributed by atoms with Crippen LogP contribution in [0, 0.1) is 11.6 Å². The van der Waals surface area contributed by atoms with Crippen LogP contribution in [0.25, 0.3) is 11.5 Å². The Kier molecular flexibility index (Phi) is 6.91. The number of aromatic nitrogens is 4. The highest BCUT2D eigenvalue weighted by atomic mass is 19.1. The SMILES string of the molecule is COC(=O)N(Cc1ccccc1F)c1c(N)nc(-c2nn(Cc3ccccc3F)c3c2CCCC3)nc1N. The zero-order valence-electron chi connectivity index (χ0n) is 20.8. The topological polar surface area (TPSA) is 125 Å². The Balaban J connectivity index is 1.55. The van der Waals surface area contributed by atoms with Crippen LogP contribution in [0.15, 0.2) is 48.5 Å². The van der Waals surface area contributed by atoms with Gasteiger partial charge in [-0.1, -0.05) is 36.4 Å². The molecular formula is C27H27F2N7O2. The maximum Gasteiger partial charge on any atom is 0.414 e. The van der Waals surface area contributed by atoms with Gasteiger partial charge in [0.15, 0.2) is 17.5 Å². The molecule has 0 radical (unpaired) electrons. The number of nitrogens with zero attached hydrogens (tertiary/aromatic N) is 5. The zero-order valence-corrected chi connectivity index (χ0v) is 20.8. The Labute approximate surface area is 218 Å². The van der Waals surface area contributed by atoms with Crippen molar-refractivity contribution in [3.8, 4) is 11.5 Å². The first-order chi connectivity index (χ1) is 18.4. The standard InChI is InChI=1S/C27H27F2N7O2/c1-38-27(37)35(14-16-8-2-5-11-19(16)28)23-24(30)32-26(33-25(23)31)22-18-10-4-7-13-21(18)36(34-22)15-17-9-3-6-12-20(17)29/h2-3,5-6,8-9,11-12H,4,7,10,13-15H2,1H3,(H4,30,31,32,33). The Morgan fingerprint density at radius 3 is 2.21 bits per heavy atom. The highest BCUT2D eigenvalue weighted by Gasteiger charge is 2.28. The molecule has 2 aromatic carbocycles. The highest BCUT2D eigenvalue weighted by Crippen LogP contribution is 2.35. The molecule has 0 aliphatic heterocycles. The number of halogens is 2. The number of hydrogen-bond donors (Lipinski definition) is 2. The summed E-state index contributed by atoms with van der Waals surface area (Å²) < 4.78 is 35.4. The van der Waals surface area contributed by atoms with E-state index in [0.717, 1.165) is 41.8 Å². The number of amides is 1. The molecule has 1 aliphatic carbocycles. The normalized spacial score (nSPS) is 12.7. The van der Waals surface area contributed by atoms with Crippen molar-refractivity contribution < 1.29 is 18.3 Å². The van der Waals surface area contributed by atoms with Crippen LogP contribution in [0.5, 0.6) is 0 Å². The van der Waals surface area contributed by atoms with E-state index in [1.54, 1.807) is 41.1 Å². The lowest BCUT2D eigenvalue weighted by molar-refractivity contribution is 0.178. The van der Waals surface area contributed by atoms with Crippen LogP contribution in [-0.2, 0) is 30.7 Å². The maximum absolute atomic E-state index is 14.4. The van der Waals surface area contributed by atoms with Crippen molar-refractivity contribution in [1.29, 1.82) is 0 Å². The summed E-state index contributed by atoms with van der Waals surface area (Å²) in [5, 5.41) is 4.74. The van der Waals surface area contributed by atoms with Gasteiger partial charge in [0.1, 0.15) is 23.0 Å². The smallest absolute Gasteiger partial charge is 0.414 e. The van der Waals surface area contributed by atoms with Crippen molar-refractivity contribution in [2.75, 3.05) is 23.5 Å². The summed E-state index contributed by atoms with van der Waals surface area (Å²) in [6, 6.07) is 12.6. The lowest BCUT2D eigenvalue weighted by atomic mass is 9.95. The lowest BCUT2D eigenvalue weighted by Gasteiger charge is -2.23. The molecule has 2 heterocycles. The first kappa shape index (κ1) is 25.1. The molecule has 196 valence electrons. The van der Waals surface area contributed by atoms with Crippen LogP contribution in [0.2, 0.25) is 0 Å². The average molecular weight is 520 g/mol. The second-order valence-corrected chi connectivity index (χ2v) is 9.04. The minimum atomic E-state index is -0.797. The molecule has 1 amide bonds. The summed E-state index contributed by atoms with van der Waals surface area (Å²) in [5.41, 5.74) is 15.9. The highest BCUT2D eigenvalue weighted by molar-refractivity contribution is 5.95. The maximum atomic E-state index is 14.4. The van der Waals surface area contributed by atoms with Gasteiger partial charge in [-0.3, -0.25) is 9.58 Å². The minimum absolute atomic E-state index is 0.0171. The van der Waals surface area contributed by atoms with E-state index in [4.69, 9.17) is 21.3 Å². The van der Waals surface area contributed by atoms with Crippen LogP contribution in [0.3, 0.4) is 0 Å². The quantitative estimate of drug-likeness (QED) is 0.385. The van der Waals surface area contributed by atoms with Crippen LogP contribution in [-0.4, -0.2) is 33.0 Å². The fraction of sp³-hybridized carbons (Fsp3) is 0.259. The second-order valence-electron chi connectivity index (χ2n) is 9.04. The number of hydrogen-bond acceptors (Lipinski definition) is 7. The molecular weight excluding hydrogens is 492 g/mol. The molecule has 38 heavy (non-hydrogen) atoms. The first-order valence-electron chi connectivity index (χ1n) is 12.2. The number of carbonyl (C=O) groups is 1. The number of nitrogen functional groups attached to an aromatic ring is 2. The van der Waals surface area contributed by atoms with Crippen molar-refractivity contribution in [2.24, 2.45) is 0 Å². The van der Waals surface area contributed by atoms with Crippen LogP contribution in [0.4, 0.5) is 30.9 Å². The summed E-state index contributed by atoms with van der Waals surface area (Å²) in [5.74, 6) is -0.765. The minimum Gasteiger partial charge on any atom is -0.452 e. The van der Waals surface area contributed by atoms with Gasteiger partial charge in [0, 0.05) is 22.4 Å². The molecule has 0 fully saturated rings. The fourth-order valence-electron chi connectivity index (χ4n) is 4.78. The number of fused-ring (bicyclic) bond motifs is 1. The van der Waals surface area contributed by atoms with Gasteiger partial charge >= 0.3 is 6.09 Å². The van der Waals surface area contributed by atoms with Gasteiger partial charge < -0.3 is 16.2 Å². The third-order valence-electron chi connectivity index (χ3n) is 6.64. The van der Waals surface area contributed by atoms with Crippen molar-refractivity contribution in [3.05, 3.63) is 82.5 Å². The van der Waals surface area contributed by atoms with Gasteiger partial charge in [0.25, 0.3) is 0 Å². The summed E-state index contributed by atoms with van der Waals surface area (Å²) in [4.78, 5) is 22.6. The molecule has 0 spiro atoms.